The maximum atomic E-state index is 11.9. The molecule has 0 bridgehead atoms. The van der Waals surface area contributed by atoms with Crippen LogP contribution in [0.4, 0.5) is 10.1 Å². The number of hydrogen-bond acceptors (Lipinski definition) is 2. The molecule has 1 heterocycles. The number of hydrogen-bond donors (Lipinski definition) is 1. The Bertz CT molecular complexity index is 332. The zero-order chi connectivity index (χ0) is 9.14. The lowest BCUT2D eigenvalue weighted by molar-refractivity contribution is 0.440. The minimum absolute atomic E-state index is 0.0727. The Morgan fingerprint density at radius 2 is 2.33 bits per heavy atom. The highest BCUT2D eigenvalue weighted by atomic mass is 19.1. The summed E-state index contributed by atoms with van der Waals surface area (Å²) in [5.41, 5.74) is 6.58. The van der Waals surface area contributed by atoms with Crippen LogP contribution in [0.1, 0.15) is 5.56 Å². The van der Waals surface area contributed by atoms with E-state index in [1.54, 1.807) is 6.92 Å². The Morgan fingerprint density at radius 1 is 1.67 bits per heavy atom. The molecule has 1 rings (SSSR count). The van der Waals surface area contributed by atoms with Crippen molar-refractivity contribution in [3.8, 4) is 0 Å². The van der Waals surface area contributed by atoms with Crippen molar-refractivity contribution in [2.45, 2.75) is 13.5 Å². The Labute approximate surface area is 69.6 Å². The summed E-state index contributed by atoms with van der Waals surface area (Å²) in [6.45, 7) is 1.27. The number of aryl methyl sites for hydroxylation is 2. The largest absolute Gasteiger partial charge is 0.397 e. The summed E-state index contributed by atoms with van der Waals surface area (Å²) in [5.74, 6) is 0. The molecule has 1 aromatic rings. The summed E-state index contributed by atoms with van der Waals surface area (Å²) in [6, 6.07) is 1.41. The zero-order valence-corrected chi connectivity index (χ0v) is 6.88. The van der Waals surface area contributed by atoms with Gasteiger partial charge in [-0.2, -0.15) is 0 Å². The van der Waals surface area contributed by atoms with E-state index < -0.39 is 6.67 Å². The lowest BCUT2D eigenvalue weighted by Gasteiger charge is -2.05. The van der Waals surface area contributed by atoms with Crippen LogP contribution in [0.2, 0.25) is 0 Å². The molecule has 0 aliphatic rings. The predicted octanol–water partition coefficient (Wildman–Crippen LogP) is 0.708. The van der Waals surface area contributed by atoms with E-state index in [4.69, 9.17) is 5.73 Å². The number of rotatable bonds is 2. The molecule has 2 N–H and O–H groups in total. The third kappa shape index (κ3) is 1.64. The van der Waals surface area contributed by atoms with E-state index in [0.717, 1.165) is 5.56 Å². The first-order chi connectivity index (χ1) is 5.65. The molecule has 1 aromatic heterocycles. The van der Waals surface area contributed by atoms with Crippen LogP contribution in [0, 0.1) is 6.92 Å². The summed E-state index contributed by atoms with van der Waals surface area (Å²) in [5, 5.41) is 0. The van der Waals surface area contributed by atoms with Crippen LogP contribution in [-0.4, -0.2) is 11.2 Å². The summed E-state index contributed by atoms with van der Waals surface area (Å²) in [4.78, 5) is 11.1. The fourth-order valence-electron chi connectivity index (χ4n) is 0.951. The van der Waals surface area contributed by atoms with Gasteiger partial charge in [0.05, 0.1) is 12.2 Å². The van der Waals surface area contributed by atoms with E-state index in [0.29, 0.717) is 5.69 Å². The van der Waals surface area contributed by atoms with Crippen LogP contribution in [0.25, 0.3) is 0 Å². The number of aromatic nitrogens is 1. The van der Waals surface area contributed by atoms with Gasteiger partial charge in [0.15, 0.2) is 0 Å². The minimum Gasteiger partial charge on any atom is -0.397 e. The average Bonchev–Trinajstić information content (AvgIpc) is 2.01. The zero-order valence-electron chi connectivity index (χ0n) is 6.88. The van der Waals surface area contributed by atoms with Gasteiger partial charge >= 0.3 is 0 Å². The van der Waals surface area contributed by atoms with Gasteiger partial charge in [-0.15, -0.1) is 0 Å². The van der Waals surface area contributed by atoms with Crippen LogP contribution < -0.4 is 11.3 Å². The standard InChI is InChI=1S/C8H11FN2O/c1-6-4-8(12)11(3-2-9)5-7(6)10/h4-5H,2-3,10H2,1H3. The quantitative estimate of drug-likeness (QED) is 0.710. The number of nitrogens with two attached hydrogens (primary N) is 1. The lowest BCUT2D eigenvalue weighted by Crippen LogP contribution is -2.20. The van der Waals surface area contributed by atoms with Gasteiger partial charge in [-0.1, -0.05) is 0 Å². The molecule has 66 valence electrons. The second kappa shape index (κ2) is 3.38. The fraction of sp³-hybridized carbons (Fsp3) is 0.375. The van der Waals surface area contributed by atoms with Gasteiger partial charge in [-0.3, -0.25) is 4.79 Å². The monoisotopic (exact) mass is 170 g/mol. The van der Waals surface area contributed by atoms with Gasteiger partial charge in [0.25, 0.3) is 5.56 Å². The molecule has 0 amide bonds. The van der Waals surface area contributed by atoms with E-state index in [1.807, 2.05) is 0 Å². The molecule has 0 saturated carbocycles. The number of halogens is 1. The number of nitrogens with zero attached hydrogens (tertiary/aromatic N) is 1. The van der Waals surface area contributed by atoms with Gasteiger partial charge in [0.1, 0.15) is 6.67 Å². The van der Waals surface area contributed by atoms with Crippen LogP contribution in [0.15, 0.2) is 17.1 Å². The van der Waals surface area contributed by atoms with E-state index >= 15 is 0 Å². The molecule has 0 spiro atoms. The smallest absolute Gasteiger partial charge is 0.251 e. The van der Waals surface area contributed by atoms with E-state index in [-0.39, 0.29) is 12.1 Å². The first-order valence-electron chi connectivity index (χ1n) is 3.67. The maximum Gasteiger partial charge on any atom is 0.251 e. The third-order valence-corrected chi connectivity index (χ3v) is 1.70. The van der Waals surface area contributed by atoms with E-state index in [1.165, 1.54) is 16.8 Å². The van der Waals surface area contributed by atoms with Gasteiger partial charge in [0, 0.05) is 12.3 Å². The van der Waals surface area contributed by atoms with Crippen molar-refractivity contribution in [1.82, 2.24) is 4.57 Å². The Kier molecular flexibility index (Phi) is 2.47. The molecule has 0 unspecified atom stereocenters. The average molecular weight is 170 g/mol. The molecule has 12 heavy (non-hydrogen) atoms. The second-order valence-corrected chi connectivity index (χ2v) is 2.63. The summed E-state index contributed by atoms with van der Waals surface area (Å²) < 4.78 is 13.2. The number of nitrogen functional groups attached to an aromatic ring is 1. The van der Waals surface area contributed by atoms with Gasteiger partial charge in [-0.25, -0.2) is 4.39 Å². The molecule has 0 aliphatic heterocycles. The number of alkyl halides is 1. The summed E-state index contributed by atoms with van der Waals surface area (Å²) >= 11 is 0. The fourth-order valence-corrected chi connectivity index (χ4v) is 0.951. The van der Waals surface area contributed by atoms with Gasteiger partial charge in [-0.05, 0) is 12.5 Å². The van der Waals surface area contributed by atoms with Gasteiger partial charge < -0.3 is 10.3 Å². The van der Waals surface area contributed by atoms with Crippen LogP contribution in [0.5, 0.6) is 0 Å². The van der Waals surface area contributed by atoms with E-state index in [2.05, 4.69) is 0 Å². The van der Waals surface area contributed by atoms with Gasteiger partial charge in [0.2, 0.25) is 0 Å². The number of pyridine rings is 1. The Hall–Kier alpha value is -1.32. The topological polar surface area (TPSA) is 48.0 Å². The number of anilines is 1. The van der Waals surface area contributed by atoms with Crippen molar-refractivity contribution in [2.24, 2.45) is 0 Å². The van der Waals surface area contributed by atoms with Crippen molar-refractivity contribution < 1.29 is 4.39 Å². The molecule has 0 fully saturated rings. The van der Waals surface area contributed by atoms with Crippen molar-refractivity contribution >= 4 is 5.69 Å². The first kappa shape index (κ1) is 8.77. The predicted molar refractivity (Wildman–Crippen MR) is 45.8 cm³/mol. The first-order valence-corrected chi connectivity index (χ1v) is 3.67. The summed E-state index contributed by atoms with van der Waals surface area (Å²) in [6.07, 6.45) is 1.47. The SMILES string of the molecule is Cc1cc(=O)n(CCF)cc1N. The van der Waals surface area contributed by atoms with Crippen molar-refractivity contribution in [3.63, 3.8) is 0 Å². The van der Waals surface area contributed by atoms with Crippen LogP contribution >= 0.6 is 0 Å². The highest BCUT2D eigenvalue weighted by Crippen LogP contribution is 2.04. The van der Waals surface area contributed by atoms with Crippen molar-refractivity contribution in [3.05, 3.63) is 28.2 Å². The highest BCUT2D eigenvalue weighted by molar-refractivity contribution is 5.42. The molecule has 4 heteroatoms. The minimum atomic E-state index is -0.553. The molecule has 0 radical (unpaired) electrons. The second-order valence-electron chi connectivity index (χ2n) is 2.63. The molecule has 3 nitrogen and oxygen atoms in total. The van der Waals surface area contributed by atoms with Crippen molar-refractivity contribution in [1.29, 1.82) is 0 Å². The normalized spacial score (nSPS) is 10.2. The highest BCUT2D eigenvalue weighted by Gasteiger charge is 1.99. The molecule has 0 aromatic carbocycles. The third-order valence-electron chi connectivity index (χ3n) is 1.70. The van der Waals surface area contributed by atoms with E-state index in [9.17, 15) is 9.18 Å². The Morgan fingerprint density at radius 3 is 2.92 bits per heavy atom. The van der Waals surface area contributed by atoms with Crippen molar-refractivity contribution in [2.75, 3.05) is 12.4 Å². The molecule has 0 atom stereocenters. The lowest BCUT2D eigenvalue weighted by atomic mass is 10.2. The Balaban J connectivity index is 3.14. The molecular formula is C8H11FN2O. The molecule has 0 saturated heterocycles. The molecule has 0 aliphatic carbocycles. The van der Waals surface area contributed by atoms with Crippen LogP contribution in [-0.2, 0) is 6.54 Å². The maximum absolute atomic E-state index is 11.9. The molecular weight excluding hydrogens is 159 g/mol. The van der Waals surface area contributed by atoms with Crippen LogP contribution in [0.3, 0.4) is 0 Å². The summed E-state index contributed by atoms with van der Waals surface area (Å²) in [7, 11) is 0.